The quantitative estimate of drug-likeness (QED) is 0.177. The van der Waals surface area contributed by atoms with Crippen molar-refractivity contribution >= 4 is 59.3 Å². The molecule has 48 heavy (non-hydrogen) atoms. The average Bonchev–Trinajstić information content (AvgIpc) is 3.54. The third kappa shape index (κ3) is 5.23. The molecule has 0 bridgehead atoms. The van der Waals surface area contributed by atoms with E-state index < -0.39 is 0 Å². The highest BCUT2D eigenvalue weighted by Crippen LogP contribution is 2.40. The Bertz CT molecular complexity index is 2540. The Morgan fingerprint density at radius 1 is 0.292 bits per heavy atom. The van der Waals surface area contributed by atoms with Crippen LogP contribution in [0.5, 0.6) is 0 Å². The van der Waals surface area contributed by atoms with Crippen LogP contribution in [0.25, 0.3) is 64.3 Å². The summed E-state index contributed by atoms with van der Waals surface area (Å²) in [5, 5.41) is 5.11. The lowest BCUT2D eigenvalue weighted by Gasteiger charge is -2.26. The van der Waals surface area contributed by atoms with Gasteiger partial charge in [-0.3, -0.25) is 0 Å². The summed E-state index contributed by atoms with van der Waals surface area (Å²) in [6, 6.07) is 68.2. The number of hydrogen-bond acceptors (Lipinski definition) is 2. The fourth-order valence-electron chi connectivity index (χ4n) is 6.78. The van der Waals surface area contributed by atoms with Crippen LogP contribution in [0, 0.1) is 0 Å². The minimum Gasteiger partial charge on any atom is -0.310 e. The summed E-state index contributed by atoms with van der Waals surface area (Å²) in [7, 11) is 0. The molecule has 0 spiro atoms. The summed E-state index contributed by atoms with van der Waals surface area (Å²) < 4.78 is 2.66. The largest absolute Gasteiger partial charge is 0.310 e. The van der Waals surface area contributed by atoms with Crippen molar-refractivity contribution in [2.24, 2.45) is 0 Å². The van der Waals surface area contributed by atoms with Gasteiger partial charge in [0.1, 0.15) is 0 Å². The van der Waals surface area contributed by atoms with Gasteiger partial charge in [0.2, 0.25) is 0 Å². The number of thiophene rings is 1. The van der Waals surface area contributed by atoms with Gasteiger partial charge in [-0.1, -0.05) is 127 Å². The third-order valence-electron chi connectivity index (χ3n) is 9.26. The lowest BCUT2D eigenvalue weighted by atomic mass is 9.98. The van der Waals surface area contributed by atoms with Crippen molar-refractivity contribution in [2.45, 2.75) is 0 Å². The van der Waals surface area contributed by atoms with Crippen molar-refractivity contribution in [1.29, 1.82) is 0 Å². The predicted molar refractivity (Wildman–Crippen MR) is 208 cm³/mol. The first-order chi connectivity index (χ1) is 23.8. The molecule has 9 aromatic rings. The molecule has 1 nitrogen and oxygen atoms in total. The zero-order valence-corrected chi connectivity index (χ0v) is 27.1. The number of fused-ring (bicyclic) bond motifs is 4. The molecule has 2 heteroatoms. The molecule has 0 aliphatic carbocycles. The van der Waals surface area contributed by atoms with Gasteiger partial charge in [-0.05, 0) is 105 Å². The van der Waals surface area contributed by atoms with Crippen LogP contribution < -0.4 is 4.90 Å². The van der Waals surface area contributed by atoms with E-state index in [2.05, 4.69) is 193 Å². The second-order valence-electron chi connectivity index (χ2n) is 12.2. The van der Waals surface area contributed by atoms with Crippen LogP contribution in [-0.2, 0) is 0 Å². The Morgan fingerprint density at radius 2 is 0.812 bits per heavy atom. The molecule has 8 aromatic carbocycles. The highest BCUT2D eigenvalue weighted by Gasteiger charge is 2.15. The fraction of sp³-hybridized carbons (Fsp3) is 0. The Balaban J connectivity index is 1.09. The Hall–Kier alpha value is -5.96. The molecule has 0 amide bonds. The van der Waals surface area contributed by atoms with Crippen LogP contribution in [0.3, 0.4) is 0 Å². The summed E-state index contributed by atoms with van der Waals surface area (Å²) in [5.41, 5.74) is 10.7. The van der Waals surface area contributed by atoms with E-state index in [9.17, 15) is 0 Å². The topological polar surface area (TPSA) is 3.24 Å². The van der Waals surface area contributed by atoms with Gasteiger partial charge in [0, 0.05) is 37.2 Å². The van der Waals surface area contributed by atoms with Crippen molar-refractivity contribution in [3.8, 4) is 33.4 Å². The second-order valence-corrected chi connectivity index (χ2v) is 13.3. The van der Waals surface area contributed by atoms with E-state index in [1.165, 1.54) is 64.3 Å². The van der Waals surface area contributed by atoms with Gasteiger partial charge >= 0.3 is 0 Å². The molecule has 0 radical (unpaired) electrons. The molecule has 1 heterocycles. The number of benzene rings is 8. The lowest BCUT2D eigenvalue weighted by molar-refractivity contribution is 1.29. The molecule has 9 rings (SSSR count). The molecule has 0 atom stereocenters. The molecule has 0 aliphatic heterocycles. The van der Waals surface area contributed by atoms with Crippen LogP contribution in [0.4, 0.5) is 17.1 Å². The van der Waals surface area contributed by atoms with Crippen LogP contribution in [-0.4, -0.2) is 0 Å². The molecule has 226 valence electrons. The highest BCUT2D eigenvalue weighted by atomic mass is 32.1. The van der Waals surface area contributed by atoms with Crippen molar-refractivity contribution in [2.75, 3.05) is 4.90 Å². The minimum absolute atomic E-state index is 1.12. The number of hydrogen-bond donors (Lipinski definition) is 0. The molecule has 0 saturated heterocycles. The summed E-state index contributed by atoms with van der Waals surface area (Å²) in [6.07, 6.45) is 0. The molecule has 0 aliphatic rings. The Labute approximate surface area is 284 Å². The zero-order valence-electron chi connectivity index (χ0n) is 26.3. The normalized spacial score (nSPS) is 11.3. The number of nitrogens with zero attached hydrogens (tertiary/aromatic N) is 1. The van der Waals surface area contributed by atoms with Gasteiger partial charge in [-0.15, -0.1) is 11.3 Å². The van der Waals surface area contributed by atoms with Gasteiger partial charge in [0.15, 0.2) is 0 Å². The molecule has 0 saturated carbocycles. The molecule has 0 unspecified atom stereocenters. The molecular formula is C46H31NS. The van der Waals surface area contributed by atoms with E-state index in [4.69, 9.17) is 0 Å². The summed E-state index contributed by atoms with van der Waals surface area (Å²) in [5.74, 6) is 0. The predicted octanol–water partition coefficient (Wildman–Crippen LogP) is 13.7. The van der Waals surface area contributed by atoms with Crippen LogP contribution in [0.2, 0.25) is 0 Å². The molecule has 0 N–H and O–H groups in total. The van der Waals surface area contributed by atoms with Crippen LogP contribution in [0.1, 0.15) is 0 Å². The minimum atomic E-state index is 1.12. The zero-order chi connectivity index (χ0) is 31.9. The maximum Gasteiger partial charge on any atom is 0.0468 e. The van der Waals surface area contributed by atoms with E-state index in [-0.39, 0.29) is 0 Å². The lowest BCUT2D eigenvalue weighted by Crippen LogP contribution is -2.09. The summed E-state index contributed by atoms with van der Waals surface area (Å²) >= 11 is 1.86. The van der Waals surface area contributed by atoms with Crippen molar-refractivity contribution in [3.05, 3.63) is 188 Å². The second kappa shape index (κ2) is 12.0. The molecular weight excluding hydrogens is 599 g/mol. The van der Waals surface area contributed by atoms with Crippen LogP contribution in [0.15, 0.2) is 188 Å². The van der Waals surface area contributed by atoms with Crippen molar-refractivity contribution < 1.29 is 0 Å². The Morgan fingerprint density at radius 3 is 1.54 bits per heavy atom. The van der Waals surface area contributed by atoms with Gasteiger partial charge in [0.25, 0.3) is 0 Å². The molecule has 1 aromatic heterocycles. The van der Waals surface area contributed by atoms with E-state index in [1.807, 2.05) is 11.3 Å². The van der Waals surface area contributed by atoms with Gasteiger partial charge in [-0.25, -0.2) is 0 Å². The summed E-state index contributed by atoms with van der Waals surface area (Å²) in [6.45, 7) is 0. The highest BCUT2D eigenvalue weighted by molar-refractivity contribution is 7.25. The van der Waals surface area contributed by atoms with E-state index in [1.54, 1.807) is 0 Å². The fourth-order valence-corrected chi connectivity index (χ4v) is 7.87. The van der Waals surface area contributed by atoms with Gasteiger partial charge < -0.3 is 4.90 Å². The smallest absolute Gasteiger partial charge is 0.0468 e. The average molecular weight is 630 g/mol. The molecule has 0 fully saturated rings. The standard InChI is InChI=1S/C46H31NS/c1-2-9-32(10-3-1)36-13-8-14-37(29-36)34-17-23-40(24-18-34)47(42-27-21-33-11-4-5-12-38(33)30-42)41-25-19-35(20-26-41)39-22-28-46-44(31-39)43-15-6-7-16-45(43)48-46/h1-31H. The van der Waals surface area contributed by atoms with E-state index in [0.717, 1.165) is 17.1 Å². The summed E-state index contributed by atoms with van der Waals surface area (Å²) in [4.78, 5) is 2.36. The number of rotatable bonds is 6. The maximum atomic E-state index is 2.36. The van der Waals surface area contributed by atoms with E-state index >= 15 is 0 Å². The SMILES string of the molecule is c1ccc(-c2cccc(-c3ccc(N(c4ccc(-c5ccc6sc7ccccc7c6c5)cc4)c4ccc5ccccc5c4)cc3)c2)cc1. The first-order valence-corrected chi connectivity index (χ1v) is 17.2. The van der Waals surface area contributed by atoms with Gasteiger partial charge in [-0.2, -0.15) is 0 Å². The number of anilines is 3. The van der Waals surface area contributed by atoms with Gasteiger partial charge in [0.05, 0.1) is 0 Å². The maximum absolute atomic E-state index is 2.36. The third-order valence-corrected chi connectivity index (χ3v) is 10.4. The van der Waals surface area contributed by atoms with E-state index in [0.29, 0.717) is 0 Å². The Kier molecular flexibility index (Phi) is 7.07. The van der Waals surface area contributed by atoms with Crippen molar-refractivity contribution in [1.82, 2.24) is 0 Å². The monoisotopic (exact) mass is 629 g/mol. The first kappa shape index (κ1) is 28.3. The first-order valence-electron chi connectivity index (χ1n) is 16.3. The van der Waals surface area contributed by atoms with Crippen LogP contribution >= 0.6 is 11.3 Å². The van der Waals surface area contributed by atoms with Crippen molar-refractivity contribution in [3.63, 3.8) is 0 Å².